The van der Waals surface area contributed by atoms with E-state index in [1.54, 1.807) is 0 Å². The lowest BCUT2D eigenvalue weighted by Gasteiger charge is -2.45. The highest BCUT2D eigenvalue weighted by Gasteiger charge is 2.39. The van der Waals surface area contributed by atoms with Crippen LogP contribution in [0.5, 0.6) is 0 Å². The van der Waals surface area contributed by atoms with Crippen LogP contribution in [0.3, 0.4) is 0 Å². The van der Waals surface area contributed by atoms with Crippen molar-refractivity contribution in [2.24, 2.45) is 11.8 Å². The lowest BCUT2D eigenvalue weighted by atomic mass is 9.78. The normalized spacial score (nSPS) is 32.2. The van der Waals surface area contributed by atoms with Crippen molar-refractivity contribution in [3.05, 3.63) is 0 Å². The molecule has 2 fully saturated rings. The van der Waals surface area contributed by atoms with Crippen molar-refractivity contribution < 1.29 is 14.7 Å². The van der Waals surface area contributed by atoms with Crippen LogP contribution in [-0.4, -0.2) is 47.6 Å². The number of carbonyl (C=O) groups is 2. The zero-order valence-corrected chi connectivity index (χ0v) is 10.9. The number of rotatable bonds is 4. The van der Waals surface area contributed by atoms with E-state index in [0.29, 0.717) is 18.4 Å². The van der Waals surface area contributed by atoms with Crippen LogP contribution in [0.2, 0.25) is 0 Å². The zero-order valence-electron chi connectivity index (χ0n) is 10.9. The summed E-state index contributed by atoms with van der Waals surface area (Å²) in [6.07, 6.45) is 2.75. The van der Waals surface area contributed by atoms with Gasteiger partial charge in [0, 0.05) is 38.0 Å². The Morgan fingerprint density at radius 3 is 3.06 bits per heavy atom. The highest BCUT2D eigenvalue weighted by molar-refractivity contribution is 5.80. The number of amides is 1. The van der Waals surface area contributed by atoms with Crippen LogP contribution in [0.4, 0.5) is 0 Å². The standard InChI is InChI=1S/C13H22N2O3/c1-9-10(3-2-4-12(16)17)7-11-8-14-5-6-15(11)13(9)18/h9-11,14H,2-8H2,1H3,(H,16,17). The van der Waals surface area contributed by atoms with Gasteiger partial charge in [0.2, 0.25) is 5.91 Å². The van der Waals surface area contributed by atoms with E-state index in [1.807, 2.05) is 11.8 Å². The summed E-state index contributed by atoms with van der Waals surface area (Å²) in [5, 5.41) is 12.0. The quantitative estimate of drug-likeness (QED) is 0.774. The summed E-state index contributed by atoms with van der Waals surface area (Å²) in [6, 6.07) is 0.317. The number of hydrogen-bond acceptors (Lipinski definition) is 3. The minimum absolute atomic E-state index is 0.0492. The monoisotopic (exact) mass is 254 g/mol. The van der Waals surface area contributed by atoms with E-state index < -0.39 is 5.97 Å². The lowest BCUT2D eigenvalue weighted by Crippen LogP contribution is -2.59. The summed E-state index contributed by atoms with van der Waals surface area (Å²) in [6.45, 7) is 4.58. The second-order valence-corrected chi connectivity index (χ2v) is 5.46. The molecule has 2 rings (SSSR count). The molecule has 2 N–H and O–H groups in total. The van der Waals surface area contributed by atoms with E-state index in [9.17, 15) is 9.59 Å². The Labute approximate surface area is 108 Å². The maximum absolute atomic E-state index is 12.2. The van der Waals surface area contributed by atoms with Gasteiger partial charge in [-0.15, -0.1) is 0 Å². The molecule has 0 aromatic carbocycles. The molecule has 0 aromatic rings. The fraction of sp³-hybridized carbons (Fsp3) is 0.846. The third kappa shape index (κ3) is 2.83. The predicted octanol–water partition coefficient (Wildman–Crippen LogP) is 0.698. The molecule has 2 aliphatic rings. The van der Waals surface area contributed by atoms with Crippen molar-refractivity contribution in [1.29, 1.82) is 0 Å². The molecule has 5 nitrogen and oxygen atoms in total. The van der Waals surface area contributed by atoms with Crippen LogP contribution >= 0.6 is 0 Å². The molecule has 5 heteroatoms. The van der Waals surface area contributed by atoms with Crippen molar-refractivity contribution in [3.8, 4) is 0 Å². The summed E-state index contributed by atoms with van der Waals surface area (Å²) in [4.78, 5) is 24.8. The number of carboxylic acids is 1. The average Bonchev–Trinajstić information content (AvgIpc) is 2.35. The summed E-state index contributed by atoms with van der Waals surface area (Å²) < 4.78 is 0. The largest absolute Gasteiger partial charge is 0.481 e. The van der Waals surface area contributed by atoms with Crippen molar-refractivity contribution in [3.63, 3.8) is 0 Å². The molecule has 2 heterocycles. The predicted molar refractivity (Wildman–Crippen MR) is 67.1 cm³/mol. The molecule has 0 aliphatic carbocycles. The maximum Gasteiger partial charge on any atom is 0.303 e. The van der Waals surface area contributed by atoms with E-state index in [2.05, 4.69) is 5.32 Å². The summed E-state index contributed by atoms with van der Waals surface area (Å²) in [5.74, 6) is -0.0926. The van der Waals surface area contributed by atoms with Gasteiger partial charge < -0.3 is 15.3 Å². The van der Waals surface area contributed by atoms with Crippen molar-refractivity contribution in [2.45, 2.75) is 38.6 Å². The molecule has 0 spiro atoms. The topological polar surface area (TPSA) is 69.6 Å². The average molecular weight is 254 g/mol. The van der Waals surface area contributed by atoms with Gasteiger partial charge in [-0.1, -0.05) is 6.92 Å². The molecule has 3 atom stereocenters. The maximum atomic E-state index is 12.2. The molecule has 0 bridgehead atoms. The van der Waals surface area contributed by atoms with Crippen LogP contribution in [-0.2, 0) is 9.59 Å². The Bertz CT molecular complexity index is 332. The molecule has 3 unspecified atom stereocenters. The fourth-order valence-electron chi connectivity index (χ4n) is 3.16. The highest BCUT2D eigenvalue weighted by Crippen LogP contribution is 2.32. The van der Waals surface area contributed by atoms with Gasteiger partial charge in [-0.3, -0.25) is 9.59 Å². The van der Waals surface area contributed by atoms with E-state index >= 15 is 0 Å². The van der Waals surface area contributed by atoms with Gasteiger partial charge in [0.05, 0.1) is 0 Å². The van der Waals surface area contributed by atoms with Crippen molar-refractivity contribution >= 4 is 11.9 Å². The van der Waals surface area contributed by atoms with Crippen LogP contribution < -0.4 is 5.32 Å². The van der Waals surface area contributed by atoms with Gasteiger partial charge in [-0.25, -0.2) is 0 Å². The van der Waals surface area contributed by atoms with Crippen LogP contribution in [0.15, 0.2) is 0 Å². The Morgan fingerprint density at radius 1 is 1.56 bits per heavy atom. The molecule has 0 saturated carbocycles. The van der Waals surface area contributed by atoms with Crippen LogP contribution in [0.25, 0.3) is 0 Å². The van der Waals surface area contributed by atoms with Crippen LogP contribution in [0.1, 0.15) is 32.6 Å². The first-order valence-electron chi connectivity index (χ1n) is 6.82. The van der Waals surface area contributed by atoms with Crippen molar-refractivity contribution in [1.82, 2.24) is 10.2 Å². The number of hydrogen-bond donors (Lipinski definition) is 2. The molecule has 2 saturated heterocycles. The number of nitrogens with one attached hydrogen (secondary N) is 1. The number of nitrogens with zero attached hydrogens (tertiary/aromatic N) is 1. The second-order valence-electron chi connectivity index (χ2n) is 5.46. The van der Waals surface area contributed by atoms with Crippen molar-refractivity contribution in [2.75, 3.05) is 19.6 Å². The highest BCUT2D eigenvalue weighted by atomic mass is 16.4. The van der Waals surface area contributed by atoms with Gasteiger partial charge in [0.1, 0.15) is 0 Å². The number of piperidine rings is 1. The Hall–Kier alpha value is -1.10. The fourth-order valence-corrected chi connectivity index (χ4v) is 3.16. The lowest BCUT2D eigenvalue weighted by molar-refractivity contribution is -0.145. The Morgan fingerprint density at radius 2 is 2.33 bits per heavy atom. The summed E-state index contributed by atoms with van der Waals surface area (Å²) in [7, 11) is 0. The molecule has 0 radical (unpaired) electrons. The first-order valence-corrected chi connectivity index (χ1v) is 6.82. The SMILES string of the molecule is CC1C(=O)N2CCNCC2CC1CCCC(=O)O. The molecule has 102 valence electrons. The molecule has 2 aliphatic heterocycles. The molecular formula is C13H22N2O3. The van der Waals surface area contributed by atoms with E-state index in [1.165, 1.54) is 0 Å². The number of carbonyl (C=O) groups excluding carboxylic acids is 1. The van der Waals surface area contributed by atoms with E-state index in [0.717, 1.165) is 32.5 Å². The molecular weight excluding hydrogens is 232 g/mol. The van der Waals surface area contributed by atoms with Gasteiger partial charge in [0.25, 0.3) is 0 Å². The van der Waals surface area contributed by atoms with E-state index in [4.69, 9.17) is 5.11 Å². The first-order chi connectivity index (χ1) is 8.59. The summed E-state index contributed by atoms with van der Waals surface area (Å²) in [5.41, 5.74) is 0. The number of fused-ring (bicyclic) bond motifs is 1. The number of aliphatic carboxylic acids is 1. The molecule has 0 aromatic heterocycles. The minimum Gasteiger partial charge on any atom is -0.481 e. The second kappa shape index (κ2) is 5.69. The van der Waals surface area contributed by atoms with E-state index in [-0.39, 0.29) is 18.2 Å². The first kappa shape index (κ1) is 13.3. The third-order valence-electron chi connectivity index (χ3n) is 4.27. The Balaban J connectivity index is 1.91. The van der Waals surface area contributed by atoms with Crippen LogP contribution in [0, 0.1) is 11.8 Å². The zero-order chi connectivity index (χ0) is 13.1. The number of piperazine rings is 1. The van der Waals surface area contributed by atoms with Gasteiger partial charge in [-0.05, 0) is 25.2 Å². The van der Waals surface area contributed by atoms with Gasteiger partial charge in [-0.2, -0.15) is 0 Å². The van der Waals surface area contributed by atoms with Gasteiger partial charge in [0.15, 0.2) is 0 Å². The number of carboxylic acid groups (broad SMARTS) is 1. The minimum atomic E-state index is -0.745. The molecule has 18 heavy (non-hydrogen) atoms. The molecule has 1 amide bonds. The summed E-state index contributed by atoms with van der Waals surface area (Å²) >= 11 is 0. The Kier molecular flexibility index (Phi) is 4.22. The third-order valence-corrected chi connectivity index (χ3v) is 4.27. The van der Waals surface area contributed by atoms with Gasteiger partial charge >= 0.3 is 5.97 Å². The smallest absolute Gasteiger partial charge is 0.303 e.